The first kappa shape index (κ1) is 17.8. The van der Waals surface area contributed by atoms with E-state index in [4.69, 9.17) is 4.84 Å². The van der Waals surface area contributed by atoms with Gasteiger partial charge in [0.25, 0.3) is 0 Å². The number of hydrogen-bond donors (Lipinski definition) is 4. The number of hydrogen-bond acceptors (Lipinski definition) is 6. The molecule has 0 radical (unpaired) electrons. The van der Waals surface area contributed by atoms with Crippen LogP contribution in [0, 0.1) is 5.41 Å². The number of carbonyl (C=O) groups is 1. The van der Waals surface area contributed by atoms with Crippen molar-refractivity contribution in [2.75, 3.05) is 19.8 Å². The Bertz CT molecular complexity index is 399. The summed E-state index contributed by atoms with van der Waals surface area (Å²) in [6, 6.07) is -0.214. The highest BCUT2D eigenvalue weighted by atomic mass is 19.3. The van der Waals surface area contributed by atoms with Gasteiger partial charge in [-0.2, -0.15) is 4.94 Å². The van der Waals surface area contributed by atoms with Crippen molar-refractivity contribution in [3.8, 4) is 0 Å². The molecular weight excluding hydrogens is 281 g/mol. The van der Waals surface area contributed by atoms with Crippen LogP contribution in [0.4, 0.5) is 4.53 Å². The van der Waals surface area contributed by atoms with Crippen molar-refractivity contribution in [2.24, 2.45) is 5.41 Å². The number of amides is 1. The van der Waals surface area contributed by atoms with Crippen LogP contribution in [0.3, 0.4) is 0 Å². The molecule has 4 N–H and O–H groups in total. The third-order valence-corrected chi connectivity index (χ3v) is 3.41. The number of aliphatic hydroxyl groups excluding tert-OH is 1. The van der Waals surface area contributed by atoms with Crippen LogP contribution in [0.1, 0.15) is 27.7 Å². The Balaban J connectivity index is 2.57. The molecule has 1 heterocycles. The summed E-state index contributed by atoms with van der Waals surface area (Å²) in [6.07, 6.45) is 1.70. The van der Waals surface area contributed by atoms with Crippen LogP contribution in [0.5, 0.6) is 0 Å². The van der Waals surface area contributed by atoms with Crippen molar-refractivity contribution in [3.05, 3.63) is 12.0 Å². The zero-order chi connectivity index (χ0) is 16.1. The van der Waals surface area contributed by atoms with Gasteiger partial charge in [0.05, 0.1) is 18.2 Å². The van der Waals surface area contributed by atoms with Gasteiger partial charge in [0.2, 0.25) is 11.8 Å². The van der Waals surface area contributed by atoms with Crippen molar-refractivity contribution in [1.29, 1.82) is 0 Å². The molecule has 0 fully saturated rings. The number of carbonyl (C=O) groups excluding carboxylic acids is 1. The standard InChI is InChI=1S/C13H24FN3O4/c1-12(2,8-18)9-7-10(21-17-9)16-11(19)13(3,4)15-5-6-20-14/h7,9,15,17-18H,5-6,8H2,1-4H3,(H,16,19). The van der Waals surface area contributed by atoms with Gasteiger partial charge in [0.15, 0.2) is 0 Å². The lowest BCUT2D eigenvalue weighted by Gasteiger charge is -2.26. The predicted octanol–water partition coefficient (Wildman–Crippen LogP) is 0.135. The molecule has 1 aliphatic rings. The van der Waals surface area contributed by atoms with E-state index in [1.165, 1.54) is 0 Å². The fraction of sp³-hybridized carbons (Fsp3) is 0.769. The van der Waals surface area contributed by atoms with Gasteiger partial charge in [-0.3, -0.25) is 10.1 Å². The Morgan fingerprint density at radius 2 is 2.19 bits per heavy atom. The molecule has 1 amide bonds. The van der Waals surface area contributed by atoms with Crippen LogP contribution in [0.2, 0.25) is 0 Å². The average molecular weight is 305 g/mol. The van der Waals surface area contributed by atoms with Crippen LogP contribution < -0.4 is 16.1 Å². The molecule has 0 aromatic carbocycles. The van der Waals surface area contributed by atoms with Crippen molar-refractivity contribution in [1.82, 2.24) is 16.1 Å². The van der Waals surface area contributed by atoms with E-state index >= 15 is 0 Å². The van der Waals surface area contributed by atoms with Gasteiger partial charge in [0, 0.05) is 12.0 Å². The molecule has 0 aromatic rings. The summed E-state index contributed by atoms with van der Waals surface area (Å²) >= 11 is 0. The summed E-state index contributed by atoms with van der Waals surface area (Å²) < 4.78 is 11.6. The molecule has 0 bridgehead atoms. The van der Waals surface area contributed by atoms with Crippen LogP contribution >= 0.6 is 0 Å². The van der Waals surface area contributed by atoms with E-state index in [2.05, 4.69) is 21.1 Å². The molecule has 0 aromatic heterocycles. The predicted molar refractivity (Wildman–Crippen MR) is 74.2 cm³/mol. The summed E-state index contributed by atoms with van der Waals surface area (Å²) in [5.41, 5.74) is 1.42. The number of hydroxylamine groups is 1. The van der Waals surface area contributed by atoms with Crippen molar-refractivity contribution in [3.63, 3.8) is 0 Å². The third kappa shape index (κ3) is 4.92. The summed E-state index contributed by atoms with van der Waals surface area (Å²) in [5, 5.41) is 14.8. The normalized spacial score (nSPS) is 19.1. The minimum Gasteiger partial charge on any atom is -0.396 e. The monoisotopic (exact) mass is 305 g/mol. The SMILES string of the molecule is CC(C)(NCCOF)C(=O)NC1=CC(C(C)(C)CO)NO1. The Labute approximate surface area is 123 Å². The minimum absolute atomic E-state index is 0.0258. The second-order valence-corrected chi connectivity index (χ2v) is 6.19. The molecule has 7 nitrogen and oxygen atoms in total. The number of aliphatic hydroxyl groups is 1. The molecule has 1 aliphatic heterocycles. The van der Waals surface area contributed by atoms with E-state index in [1.54, 1.807) is 19.9 Å². The summed E-state index contributed by atoms with van der Waals surface area (Å²) in [6.45, 7) is 7.12. The smallest absolute Gasteiger partial charge is 0.246 e. The van der Waals surface area contributed by atoms with Crippen molar-refractivity contribution >= 4 is 5.91 Å². The van der Waals surface area contributed by atoms with Gasteiger partial charge in [-0.05, 0) is 24.4 Å². The molecule has 122 valence electrons. The van der Waals surface area contributed by atoms with E-state index in [9.17, 15) is 14.4 Å². The second-order valence-electron chi connectivity index (χ2n) is 6.19. The maximum Gasteiger partial charge on any atom is 0.246 e. The summed E-state index contributed by atoms with van der Waals surface area (Å²) in [7, 11) is 0. The zero-order valence-corrected chi connectivity index (χ0v) is 12.8. The number of halogens is 1. The molecule has 0 saturated carbocycles. The molecule has 0 saturated heterocycles. The van der Waals surface area contributed by atoms with Gasteiger partial charge in [-0.25, -0.2) is 0 Å². The highest BCUT2D eigenvalue weighted by Gasteiger charge is 2.34. The van der Waals surface area contributed by atoms with Crippen LogP contribution in [-0.4, -0.2) is 42.4 Å². The average Bonchev–Trinajstić information content (AvgIpc) is 2.88. The Kier molecular flexibility index (Phi) is 6.09. The van der Waals surface area contributed by atoms with Gasteiger partial charge in [-0.1, -0.05) is 13.8 Å². The van der Waals surface area contributed by atoms with Crippen LogP contribution in [0.25, 0.3) is 0 Å². The van der Waals surface area contributed by atoms with E-state index in [0.29, 0.717) is 0 Å². The van der Waals surface area contributed by atoms with E-state index < -0.39 is 11.0 Å². The first-order chi connectivity index (χ1) is 9.73. The Morgan fingerprint density at radius 3 is 2.76 bits per heavy atom. The quantitative estimate of drug-likeness (QED) is 0.477. The lowest BCUT2D eigenvalue weighted by molar-refractivity contribution is -0.134. The van der Waals surface area contributed by atoms with E-state index in [-0.39, 0.29) is 37.6 Å². The van der Waals surface area contributed by atoms with Crippen LogP contribution in [0.15, 0.2) is 12.0 Å². The summed E-state index contributed by atoms with van der Waals surface area (Å²) in [5.74, 6) is -0.0417. The fourth-order valence-electron chi connectivity index (χ4n) is 1.65. The highest BCUT2D eigenvalue weighted by Crippen LogP contribution is 2.24. The number of nitrogens with one attached hydrogen (secondary N) is 3. The van der Waals surface area contributed by atoms with Gasteiger partial charge in [-0.15, -0.1) is 5.48 Å². The molecule has 1 rings (SSSR count). The lowest BCUT2D eigenvalue weighted by Crippen LogP contribution is -2.53. The highest BCUT2D eigenvalue weighted by molar-refractivity contribution is 5.86. The maximum atomic E-state index is 12.1. The number of rotatable bonds is 8. The molecule has 21 heavy (non-hydrogen) atoms. The van der Waals surface area contributed by atoms with Crippen molar-refractivity contribution < 1.29 is 24.2 Å². The van der Waals surface area contributed by atoms with E-state index in [0.717, 1.165) is 0 Å². The Hall–Kier alpha value is -1.22. The minimum atomic E-state index is -0.909. The van der Waals surface area contributed by atoms with Gasteiger partial charge in [0.1, 0.15) is 6.61 Å². The first-order valence-corrected chi connectivity index (χ1v) is 6.78. The molecular formula is C13H24FN3O4. The fourth-order valence-corrected chi connectivity index (χ4v) is 1.65. The van der Waals surface area contributed by atoms with Crippen molar-refractivity contribution in [2.45, 2.75) is 39.3 Å². The molecule has 1 atom stereocenters. The molecule has 1 unspecified atom stereocenters. The topological polar surface area (TPSA) is 91.9 Å². The maximum absolute atomic E-state index is 12.1. The molecule has 0 spiro atoms. The zero-order valence-electron chi connectivity index (χ0n) is 12.8. The largest absolute Gasteiger partial charge is 0.396 e. The first-order valence-electron chi connectivity index (χ1n) is 6.78. The third-order valence-electron chi connectivity index (χ3n) is 3.41. The summed E-state index contributed by atoms with van der Waals surface area (Å²) in [4.78, 5) is 20.8. The Morgan fingerprint density at radius 1 is 1.52 bits per heavy atom. The van der Waals surface area contributed by atoms with Gasteiger partial charge < -0.3 is 15.3 Å². The lowest BCUT2D eigenvalue weighted by atomic mass is 9.86. The molecule has 8 heteroatoms. The van der Waals surface area contributed by atoms with Crippen LogP contribution in [-0.2, 0) is 14.6 Å². The second kappa shape index (κ2) is 7.17. The van der Waals surface area contributed by atoms with E-state index in [1.807, 2.05) is 13.8 Å². The van der Waals surface area contributed by atoms with Gasteiger partial charge >= 0.3 is 0 Å². The molecule has 0 aliphatic carbocycles.